The van der Waals surface area contributed by atoms with Crippen LogP contribution in [0.4, 0.5) is 5.82 Å². The van der Waals surface area contributed by atoms with E-state index in [1.807, 2.05) is 31.3 Å². The number of hydrogen-bond acceptors (Lipinski definition) is 5. The van der Waals surface area contributed by atoms with Gasteiger partial charge in [0.05, 0.1) is 19.2 Å². The molecule has 1 aliphatic heterocycles. The van der Waals surface area contributed by atoms with Crippen molar-refractivity contribution in [2.75, 3.05) is 25.2 Å². The summed E-state index contributed by atoms with van der Waals surface area (Å²) in [6.07, 6.45) is 4.38. The zero-order valence-corrected chi connectivity index (χ0v) is 17.8. The van der Waals surface area contributed by atoms with Crippen LogP contribution in [0.25, 0.3) is 22.4 Å². The summed E-state index contributed by atoms with van der Waals surface area (Å²) in [7, 11) is 1.70. The average Bonchev–Trinajstić information content (AvgIpc) is 3.28. The first-order chi connectivity index (χ1) is 14.1. The van der Waals surface area contributed by atoms with Gasteiger partial charge in [0.25, 0.3) is 0 Å². The standard InChI is InChI=1S/C23H30N4O2/c1-5-29-14-13-26-22-19(7-6-8-20(22)28-4)25-23(26)18-11-12-21(24-15-18)27-16(2)9-10-17(27)3/h6-8,11-12,15-17H,5,9-10,13-14H2,1-4H3/t16-,17-/m0/s1. The van der Waals surface area contributed by atoms with Crippen molar-refractivity contribution in [3.05, 3.63) is 36.5 Å². The highest BCUT2D eigenvalue weighted by Gasteiger charge is 2.28. The second-order valence-corrected chi connectivity index (χ2v) is 7.70. The maximum atomic E-state index is 5.62. The Kier molecular flexibility index (Phi) is 5.72. The predicted molar refractivity (Wildman–Crippen MR) is 117 cm³/mol. The Hall–Kier alpha value is -2.60. The summed E-state index contributed by atoms with van der Waals surface area (Å²) in [5.41, 5.74) is 2.92. The SMILES string of the molecule is CCOCCn1c(-c2ccc(N3[C@@H](C)CC[C@@H]3C)nc2)nc2cccc(OC)c21. The molecular weight excluding hydrogens is 364 g/mol. The van der Waals surface area contributed by atoms with Crippen LogP contribution < -0.4 is 9.64 Å². The lowest BCUT2D eigenvalue weighted by molar-refractivity contribution is 0.140. The molecule has 3 aromatic rings. The summed E-state index contributed by atoms with van der Waals surface area (Å²) in [6, 6.07) is 11.3. The van der Waals surface area contributed by atoms with Gasteiger partial charge >= 0.3 is 0 Å². The number of rotatable bonds is 7. The van der Waals surface area contributed by atoms with Crippen molar-refractivity contribution in [3.63, 3.8) is 0 Å². The molecule has 0 N–H and O–H groups in total. The van der Waals surface area contributed by atoms with Gasteiger partial charge in [0.1, 0.15) is 22.9 Å². The van der Waals surface area contributed by atoms with Gasteiger partial charge in [-0.15, -0.1) is 0 Å². The number of imidazole rings is 1. The molecule has 0 saturated carbocycles. The molecule has 2 atom stereocenters. The largest absolute Gasteiger partial charge is 0.494 e. The molecule has 6 nitrogen and oxygen atoms in total. The van der Waals surface area contributed by atoms with Crippen molar-refractivity contribution in [1.29, 1.82) is 0 Å². The lowest BCUT2D eigenvalue weighted by Gasteiger charge is -2.27. The van der Waals surface area contributed by atoms with Crippen LogP contribution in [0.5, 0.6) is 5.75 Å². The predicted octanol–water partition coefficient (Wildman–Crippen LogP) is 4.52. The van der Waals surface area contributed by atoms with Crippen LogP contribution in [-0.2, 0) is 11.3 Å². The van der Waals surface area contributed by atoms with Gasteiger partial charge in [-0.25, -0.2) is 9.97 Å². The molecule has 0 unspecified atom stereocenters. The second kappa shape index (κ2) is 8.41. The van der Waals surface area contributed by atoms with Crippen molar-refractivity contribution < 1.29 is 9.47 Å². The normalized spacial score (nSPS) is 19.2. The van der Waals surface area contributed by atoms with Gasteiger partial charge in [0.2, 0.25) is 0 Å². The highest BCUT2D eigenvalue weighted by molar-refractivity contribution is 5.86. The van der Waals surface area contributed by atoms with E-state index in [0.717, 1.165) is 34.0 Å². The highest BCUT2D eigenvalue weighted by atomic mass is 16.5. The van der Waals surface area contributed by atoms with Gasteiger partial charge in [-0.1, -0.05) is 6.07 Å². The van der Waals surface area contributed by atoms with Gasteiger partial charge in [-0.3, -0.25) is 0 Å². The summed E-state index contributed by atoms with van der Waals surface area (Å²) in [5, 5.41) is 0. The molecule has 2 aromatic heterocycles. The van der Waals surface area contributed by atoms with Gasteiger partial charge in [0.15, 0.2) is 0 Å². The van der Waals surface area contributed by atoms with Crippen LogP contribution in [0.1, 0.15) is 33.6 Å². The van der Waals surface area contributed by atoms with Gasteiger partial charge in [-0.05, 0) is 57.9 Å². The number of benzene rings is 1. The molecule has 0 radical (unpaired) electrons. The molecule has 1 aliphatic rings. The monoisotopic (exact) mass is 394 g/mol. The van der Waals surface area contributed by atoms with Crippen molar-refractivity contribution in [1.82, 2.24) is 14.5 Å². The quantitative estimate of drug-likeness (QED) is 0.552. The molecule has 0 spiro atoms. The molecule has 0 aliphatic carbocycles. The maximum absolute atomic E-state index is 5.62. The molecular formula is C23H30N4O2. The van der Waals surface area contributed by atoms with E-state index >= 15 is 0 Å². The van der Waals surface area contributed by atoms with Crippen molar-refractivity contribution >= 4 is 16.9 Å². The Morgan fingerprint density at radius 2 is 1.90 bits per heavy atom. The van der Waals surface area contributed by atoms with Crippen molar-refractivity contribution in [2.24, 2.45) is 0 Å². The van der Waals surface area contributed by atoms with Crippen LogP contribution in [-0.4, -0.2) is 46.9 Å². The number of para-hydroxylation sites is 1. The third kappa shape index (κ3) is 3.69. The van der Waals surface area contributed by atoms with Crippen LogP contribution in [0, 0.1) is 0 Å². The van der Waals surface area contributed by atoms with Crippen LogP contribution >= 0.6 is 0 Å². The lowest BCUT2D eigenvalue weighted by atomic mass is 10.2. The summed E-state index contributed by atoms with van der Waals surface area (Å²) in [6.45, 7) is 8.60. The smallest absolute Gasteiger partial charge is 0.144 e. The Morgan fingerprint density at radius 1 is 1.10 bits per heavy atom. The number of hydrogen-bond donors (Lipinski definition) is 0. The first kappa shape index (κ1) is 19.7. The van der Waals surface area contributed by atoms with Crippen molar-refractivity contribution in [2.45, 2.75) is 52.2 Å². The molecule has 154 valence electrons. The Bertz CT molecular complexity index is 957. The highest BCUT2D eigenvalue weighted by Crippen LogP contribution is 2.33. The molecule has 29 heavy (non-hydrogen) atoms. The van der Waals surface area contributed by atoms with E-state index in [1.165, 1.54) is 12.8 Å². The van der Waals surface area contributed by atoms with Crippen molar-refractivity contribution in [3.8, 4) is 17.1 Å². The maximum Gasteiger partial charge on any atom is 0.144 e. The second-order valence-electron chi connectivity index (χ2n) is 7.70. The third-order valence-corrected chi connectivity index (χ3v) is 5.84. The Labute approximate surface area is 172 Å². The number of methoxy groups -OCH3 is 1. The molecule has 4 rings (SSSR count). The third-order valence-electron chi connectivity index (χ3n) is 5.84. The van der Waals surface area contributed by atoms with Crippen LogP contribution in [0.15, 0.2) is 36.5 Å². The van der Waals surface area contributed by atoms with Crippen LogP contribution in [0.3, 0.4) is 0 Å². The summed E-state index contributed by atoms with van der Waals surface area (Å²) in [4.78, 5) is 12.1. The first-order valence-electron chi connectivity index (χ1n) is 10.5. The van der Waals surface area contributed by atoms with Gasteiger partial charge < -0.3 is 18.9 Å². The topological polar surface area (TPSA) is 52.4 Å². The fourth-order valence-corrected chi connectivity index (χ4v) is 4.37. The van der Waals surface area contributed by atoms with E-state index in [-0.39, 0.29) is 0 Å². The molecule has 3 heterocycles. The number of aromatic nitrogens is 3. The minimum Gasteiger partial charge on any atom is -0.494 e. The van der Waals surface area contributed by atoms with Gasteiger partial charge in [0, 0.05) is 37.0 Å². The number of fused-ring (bicyclic) bond motifs is 1. The van der Waals surface area contributed by atoms with E-state index in [2.05, 4.69) is 35.4 Å². The zero-order valence-electron chi connectivity index (χ0n) is 17.8. The molecule has 1 fully saturated rings. The molecule has 6 heteroatoms. The number of ether oxygens (including phenoxy) is 2. The van der Waals surface area contributed by atoms with E-state index in [0.29, 0.717) is 31.8 Å². The molecule has 0 bridgehead atoms. The summed E-state index contributed by atoms with van der Waals surface area (Å²) in [5.74, 6) is 2.76. The van der Waals surface area contributed by atoms with E-state index in [1.54, 1.807) is 7.11 Å². The zero-order chi connectivity index (χ0) is 20.4. The fourth-order valence-electron chi connectivity index (χ4n) is 4.37. The number of nitrogens with zero attached hydrogens (tertiary/aromatic N) is 4. The minimum atomic E-state index is 0.531. The number of anilines is 1. The van der Waals surface area contributed by atoms with E-state index in [4.69, 9.17) is 19.4 Å². The fraction of sp³-hybridized carbons (Fsp3) is 0.478. The van der Waals surface area contributed by atoms with Gasteiger partial charge in [-0.2, -0.15) is 0 Å². The lowest BCUT2D eigenvalue weighted by Crippen LogP contribution is -2.33. The molecule has 0 amide bonds. The summed E-state index contributed by atoms with van der Waals surface area (Å²) < 4.78 is 13.4. The number of pyridine rings is 1. The first-order valence-corrected chi connectivity index (χ1v) is 10.5. The Balaban J connectivity index is 1.73. The minimum absolute atomic E-state index is 0.531. The average molecular weight is 395 g/mol. The molecule has 1 aromatic carbocycles. The summed E-state index contributed by atoms with van der Waals surface area (Å²) >= 11 is 0. The van der Waals surface area contributed by atoms with E-state index < -0.39 is 0 Å². The molecule has 1 saturated heterocycles. The van der Waals surface area contributed by atoms with Crippen LogP contribution in [0.2, 0.25) is 0 Å². The Morgan fingerprint density at radius 3 is 2.55 bits per heavy atom. The van der Waals surface area contributed by atoms with E-state index in [9.17, 15) is 0 Å².